The molecule has 1 unspecified atom stereocenters. The van der Waals surface area contributed by atoms with Gasteiger partial charge in [-0.25, -0.2) is 8.42 Å². The van der Waals surface area contributed by atoms with E-state index in [1.165, 1.54) is 41.1 Å². The van der Waals surface area contributed by atoms with E-state index in [2.05, 4.69) is 16.7 Å². The average Bonchev–Trinajstić information content (AvgIpc) is 2.84. The van der Waals surface area contributed by atoms with Crippen LogP contribution in [0.25, 0.3) is 0 Å². The van der Waals surface area contributed by atoms with E-state index >= 15 is 0 Å². The van der Waals surface area contributed by atoms with E-state index in [1.54, 1.807) is 0 Å². The summed E-state index contributed by atoms with van der Waals surface area (Å²) in [6.45, 7) is 1.14. The maximum Gasteiger partial charge on any atom is 0.243 e. The molecule has 0 saturated carbocycles. The summed E-state index contributed by atoms with van der Waals surface area (Å²) in [7, 11) is -3.98. The van der Waals surface area contributed by atoms with Crippen LogP contribution in [0.4, 0.5) is 5.69 Å². The van der Waals surface area contributed by atoms with Crippen molar-refractivity contribution in [3.8, 4) is 0 Å². The van der Waals surface area contributed by atoms with Crippen molar-refractivity contribution in [1.82, 2.24) is 9.62 Å². The first kappa shape index (κ1) is 24.6. The van der Waals surface area contributed by atoms with Gasteiger partial charge in [0.15, 0.2) is 0 Å². The number of fused-ring (bicyclic) bond motifs is 1. The maximum atomic E-state index is 13.6. The van der Waals surface area contributed by atoms with Crippen LogP contribution in [0.2, 0.25) is 0 Å². The van der Waals surface area contributed by atoms with Gasteiger partial charge in [0.05, 0.1) is 17.5 Å². The molecule has 1 atom stereocenters. The van der Waals surface area contributed by atoms with Gasteiger partial charge in [0.2, 0.25) is 21.8 Å². The van der Waals surface area contributed by atoms with Crippen molar-refractivity contribution in [1.29, 1.82) is 0 Å². The van der Waals surface area contributed by atoms with E-state index in [9.17, 15) is 18.0 Å². The van der Waals surface area contributed by atoms with Crippen LogP contribution >= 0.6 is 0 Å². The van der Waals surface area contributed by atoms with Gasteiger partial charge >= 0.3 is 0 Å². The molecular weight excluding hydrogens is 462 g/mol. The second-order valence-electron chi connectivity index (χ2n) is 8.68. The molecule has 35 heavy (non-hydrogen) atoms. The van der Waals surface area contributed by atoms with Crippen molar-refractivity contribution in [2.24, 2.45) is 0 Å². The SMILES string of the molecule is CC(=O)Nc1ccc(S(=O)(=O)N(CC(=O)NC2CCCc3ccccc32)Cc2ccccc2)cc1. The van der Waals surface area contributed by atoms with Crippen molar-refractivity contribution in [2.45, 2.75) is 43.7 Å². The third-order valence-corrected chi connectivity index (χ3v) is 7.84. The number of hydrogen-bond donors (Lipinski definition) is 2. The molecule has 0 aliphatic heterocycles. The Hall–Kier alpha value is -3.49. The second-order valence-corrected chi connectivity index (χ2v) is 10.6. The van der Waals surface area contributed by atoms with Crippen molar-refractivity contribution < 1.29 is 18.0 Å². The van der Waals surface area contributed by atoms with Crippen molar-refractivity contribution in [3.63, 3.8) is 0 Å². The molecule has 3 aromatic carbocycles. The van der Waals surface area contributed by atoms with Crippen LogP contribution in [0.3, 0.4) is 0 Å². The summed E-state index contributed by atoms with van der Waals surface area (Å²) in [5, 5.41) is 5.68. The predicted molar refractivity (Wildman–Crippen MR) is 135 cm³/mol. The van der Waals surface area contributed by atoms with Crippen LogP contribution in [0, 0.1) is 0 Å². The van der Waals surface area contributed by atoms with Crippen LogP contribution in [0.5, 0.6) is 0 Å². The van der Waals surface area contributed by atoms with E-state index in [1.807, 2.05) is 48.5 Å². The summed E-state index contributed by atoms with van der Waals surface area (Å²) in [6, 6.07) is 23.1. The molecule has 0 bridgehead atoms. The van der Waals surface area contributed by atoms with Crippen molar-refractivity contribution in [2.75, 3.05) is 11.9 Å². The van der Waals surface area contributed by atoms with Crippen LogP contribution in [0.15, 0.2) is 83.8 Å². The Morgan fingerprint density at radius 2 is 1.63 bits per heavy atom. The summed E-state index contributed by atoms with van der Waals surface area (Å²) in [5.74, 6) is -0.589. The molecule has 0 fully saturated rings. The molecule has 1 aliphatic carbocycles. The summed E-state index contributed by atoms with van der Waals surface area (Å²) < 4.78 is 28.3. The molecule has 0 heterocycles. The molecule has 0 aromatic heterocycles. The highest BCUT2D eigenvalue weighted by Crippen LogP contribution is 2.29. The topological polar surface area (TPSA) is 95.6 Å². The molecule has 2 amide bonds. The van der Waals surface area contributed by atoms with Crippen molar-refractivity contribution >= 4 is 27.5 Å². The van der Waals surface area contributed by atoms with E-state index in [-0.39, 0.29) is 35.8 Å². The van der Waals surface area contributed by atoms with E-state index in [0.717, 1.165) is 30.4 Å². The lowest BCUT2D eigenvalue weighted by Crippen LogP contribution is -2.42. The van der Waals surface area contributed by atoms with Crippen LogP contribution in [-0.2, 0) is 32.6 Å². The highest BCUT2D eigenvalue weighted by molar-refractivity contribution is 7.89. The Morgan fingerprint density at radius 1 is 0.943 bits per heavy atom. The number of nitrogens with one attached hydrogen (secondary N) is 2. The Labute approximate surface area is 206 Å². The molecular formula is C27H29N3O4S. The quantitative estimate of drug-likeness (QED) is 0.497. The molecule has 1 aliphatic rings. The molecule has 4 rings (SSSR count). The van der Waals surface area contributed by atoms with Crippen molar-refractivity contribution in [3.05, 3.63) is 95.6 Å². The highest BCUT2D eigenvalue weighted by atomic mass is 32.2. The second kappa shape index (κ2) is 10.8. The lowest BCUT2D eigenvalue weighted by atomic mass is 9.88. The molecule has 7 nitrogen and oxygen atoms in total. The number of amides is 2. The smallest absolute Gasteiger partial charge is 0.243 e. The van der Waals surface area contributed by atoms with Gasteiger partial charge in [-0.1, -0.05) is 54.6 Å². The van der Waals surface area contributed by atoms with Gasteiger partial charge in [0.1, 0.15) is 0 Å². The van der Waals surface area contributed by atoms with Crippen LogP contribution in [-0.4, -0.2) is 31.1 Å². The minimum absolute atomic E-state index is 0.0540. The summed E-state index contributed by atoms with van der Waals surface area (Å²) >= 11 is 0. The zero-order valence-electron chi connectivity index (χ0n) is 19.6. The van der Waals surface area contributed by atoms with Gasteiger partial charge in [0, 0.05) is 19.2 Å². The fourth-order valence-corrected chi connectivity index (χ4v) is 5.76. The molecule has 8 heteroatoms. The van der Waals surface area contributed by atoms with E-state index < -0.39 is 10.0 Å². The monoisotopic (exact) mass is 491 g/mol. The fourth-order valence-electron chi connectivity index (χ4n) is 4.38. The highest BCUT2D eigenvalue weighted by Gasteiger charge is 2.29. The largest absolute Gasteiger partial charge is 0.348 e. The first-order valence-electron chi connectivity index (χ1n) is 11.6. The summed E-state index contributed by atoms with van der Waals surface area (Å²) in [6.07, 6.45) is 2.76. The number of aryl methyl sites for hydroxylation is 1. The number of hydrogen-bond acceptors (Lipinski definition) is 4. The zero-order valence-corrected chi connectivity index (χ0v) is 20.4. The Kier molecular flexibility index (Phi) is 7.63. The number of sulfonamides is 1. The molecule has 0 saturated heterocycles. The van der Waals surface area contributed by atoms with Crippen LogP contribution < -0.4 is 10.6 Å². The van der Waals surface area contributed by atoms with Gasteiger partial charge in [-0.15, -0.1) is 0 Å². The fraction of sp³-hybridized carbons (Fsp3) is 0.259. The van der Waals surface area contributed by atoms with Gasteiger partial charge < -0.3 is 10.6 Å². The standard InChI is InChI=1S/C27H29N3O4S/c1-20(31)28-23-14-16-24(17-15-23)35(33,34)30(18-21-8-3-2-4-9-21)19-27(32)29-26-13-7-11-22-10-5-6-12-25(22)26/h2-6,8-10,12,14-17,26H,7,11,13,18-19H2,1H3,(H,28,31)(H,29,32). The number of anilines is 1. The number of carbonyl (C=O) groups excluding carboxylic acids is 2. The first-order valence-corrected chi connectivity index (χ1v) is 13.1. The Balaban J connectivity index is 1.56. The predicted octanol–water partition coefficient (Wildman–Crippen LogP) is 4.03. The van der Waals surface area contributed by atoms with E-state index in [0.29, 0.717) is 5.69 Å². The lowest BCUT2D eigenvalue weighted by Gasteiger charge is -2.28. The van der Waals surface area contributed by atoms with Gasteiger partial charge in [-0.05, 0) is 60.2 Å². The minimum atomic E-state index is -3.98. The molecule has 0 radical (unpaired) electrons. The average molecular weight is 492 g/mol. The summed E-state index contributed by atoms with van der Waals surface area (Å²) in [4.78, 5) is 24.5. The minimum Gasteiger partial charge on any atom is -0.348 e. The summed E-state index contributed by atoms with van der Waals surface area (Å²) in [5.41, 5.74) is 3.59. The lowest BCUT2D eigenvalue weighted by molar-refractivity contribution is -0.122. The maximum absolute atomic E-state index is 13.6. The normalized spacial score (nSPS) is 15.3. The molecule has 182 valence electrons. The molecule has 0 spiro atoms. The third kappa shape index (κ3) is 6.15. The molecule has 2 N–H and O–H groups in total. The van der Waals surface area contributed by atoms with Gasteiger partial charge in [-0.2, -0.15) is 4.31 Å². The van der Waals surface area contributed by atoms with Crippen LogP contribution in [0.1, 0.15) is 42.5 Å². The zero-order chi connectivity index (χ0) is 24.8. The Bertz CT molecular complexity index is 1290. The van der Waals surface area contributed by atoms with Gasteiger partial charge in [-0.3, -0.25) is 9.59 Å². The first-order chi connectivity index (χ1) is 16.8. The number of benzene rings is 3. The number of nitrogens with zero attached hydrogens (tertiary/aromatic N) is 1. The van der Waals surface area contributed by atoms with E-state index in [4.69, 9.17) is 0 Å². The van der Waals surface area contributed by atoms with Gasteiger partial charge in [0.25, 0.3) is 0 Å². The third-order valence-electron chi connectivity index (χ3n) is 6.04. The molecule has 3 aromatic rings. The number of rotatable bonds is 8. The Morgan fingerprint density at radius 3 is 2.34 bits per heavy atom. The number of carbonyl (C=O) groups is 2.